The van der Waals surface area contributed by atoms with E-state index in [1.54, 1.807) is 25.2 Å². The summed E-state index contributed by atoms with van der Waals surface area (Å²) >= 11 is 0. The molecule has 1 N–H and O–H groups in total. The van der Waals surface area contributed by atoms with E-state index in [0.29, 0.717) is 0 Å². The van der Waals surface area contributed by atoms with E-state index in [4.69, 9.17) is 0 Å². The Morgan fingerprint density at radius 1 is 1.24 bits per heavy atom. The molecule has 0 heterocycles. The van der Waals surface area contributed by atoms with Gasteiger partial charge in [-0.25, -0.2) is 8.78 Å². The van der Waals surface area contributed by atoms with Gasteiger partial charge in [-0.05, 0) is 37.1 Å². The van der Waals surface area contributed by atoms with Crippen LogP contribution in [0.5, 0.6) is 0 Å². The smallest absolute Gasteiger partial charge is 0.321 e. The standard InChI is InChI=1S/C11H11F4NO/c1-6-3-4-8(5-7(6)2)16-10(17)11(14,15)9(12)13/h3-5,9H,1-2H3,(H,16,17). The van der Waals surface area contributed by atoms with E-state index < -0.39 is 18.3 Å². The van der Waals surface area contributed by atoms with Gasteiger partial charge in [0.05, 0.1) is 0 Å². The van der Waals surface area contributed by atoms with E-state index in [-0.39, 0.29) is 5.69 Å². The molecule has 94 valence electrons. The molecule has 1 amide bonds. The van der Waals surface area contributed by atoms with Crippen molar-refractivity contribution in [1.29, 1.82) is 0 Å². The van der Waals surface area contributed by atoms with Gasteiger partial charge >= 0.3 is 18.3 Å². The van der Waals surface area contributed by atoms with Crippen LogP contribution in [0.25, 0.3) is 0 Å². The second-order valence-electron chi connectivity index (χ2n) is 3.68. The van der Waals surface area contributed by atoms with Crippen LogP contribution in [0.1, 0.15) is 11.1 Å². The average Bonchev–Trinajstić information content (AvgIpc) is 2.23. The molecule has 0 saturated carbocycles. The number of rotatable bonds is 3. The van der Waals surface area contributed by atoms with Gasteiger partial charge < -0.3 is 5.32 Å². The summed E-state index contributed by atoms with van der Waals surface area (Å²) in [5.74, 6) is -6.69. The van der Waals surface area contributed by atoms with Gasteiger partial charge in [0.25, 0.3) is 0 Å². The molecule has 6 heteroatoms. The first kappa shape index (κ1) is 13.5. The summed E-state index contributed by atoms with van der Waals surface area (Å²) in [5, 5.41) is 1.76. The van der Waals surface area contributed by atoms with Crippen molar-refractivity contribution in [2.45, 2.75) is 26.2 Å². The molecule has 0 saturated heterocycles. The van der Waals surface area contributed by atoms with Gasteiger partial charge in [0.1, 0.15) is 0 Å². The predicted molar refractivity (Wildman–Crippen MR) is 55.5 cm³/mol. The van der Waals surface area contributed by atoms with Crippen molar-refractivity contribution in [3.05, 3.63) is 29.3 Å². The zero-order chi connectivity index (χ0) is 13.2. The zero-order valence-electron chi connectivity index (χ0n) is 9.23. The van der Waals surface area contributed by atoms with Gasteiger partial charge in [-0.2, -0.15) is 8.78 Å². The molecule has 0 unspecified atom stereocenters. The number of benzene rings is 1. The summed E-state index contributed by atoms with van der Waals surface area (Å²) in [5.41, 5.74) is 1.74. The Hall–Kier alpha value is -1.59. The molecule has 0 aromatic heterocycles. The van der Waals surface area contributed by atoms with Crippen LogP contribution in [0.4, 0.5) is 23.2 Å². The summed E-state index contributed by atoms with van der Waals surface area (Å²) in [4.78, 5) is 10.9. The maximum absolute atomic E-state index is 12.6. The van der Waals surface area contributed by atoms with Crippen molar-refractivity contribution in [3.8, 4) is 0 Å². The van der Waals surface area contributed by atoms with Gasteiger partial charge in [0.15, 0.2) is 0 Å². The third-order valence-electron chi connectivity index (χ3n) is 2.34. The zero-order valence-corrected chi connectivity index (χ0v) is 9.23. The Morgan fingerprint density at radius 3 is 2.29 bits per heavy atom. The molecule has 2 nitrogen and oxygen atoms in total. The fourth-order valence-corrected chi connectivity index (χ4v) is 1.13. The second-order valence-corrected chi connectivity index (χ2v) is 3.68. The number of anilines is 1. The number of alkyl halides is 4. The summed E-state index contributed by atoms with van der Waals surface area (Å²) in [7, 11) is 0. The number of amides is 1. The number of halogens is 4. The molecule has 0 atom stereocenters. The van der Waals surface area contributed by atoms with Crippen LogP contribution >= 0.6 is 0 Å². The van der Waals surface area contributed by atoms with Gasteiger partial charge in [0, 0.05) is 5.69 Å². The first-order valence-corrected chi connectivity index (χ1v) is 4.80. The van der Waals surface area contributed by atoms with Crippen molar-refractivity contribution >= 4 is 11.6 Å². The van der Waals surface area contributed by atoms with Crippen LogP contribution in [0, 0.1) is 13.8 Å². The van der Waals surface area contributed by atoms with Gasteiger partial charge in [-0.1, -0.05) is 6.07 Å². The fraction of sp³-hybridized carbons (Fsp3) is 0.364. The number of hydrogen-bond acceptors (Lipinski definition) is 1. The van der Waals surface area contributed by atoms with E-state index in [1.807, 2.05) is 0 Å². The minimum atomic E-state index is -4.68. The summed E-state index contributed by atoms with van der Waals surface area (Å²) in [6.45, 7) is 3.52. The van der Waals surface area contributed by atoms with Crippen molar-refractivity contribution in [3.63, 3.8) is 0 Å². The molecule has 0 bridgehead atoms. The topological polar surface area (TPSA) is 29.1 Å². The Bertz CT molecular complexity index is 431. The molecule has 17 heavy (non-hydrogen) atoms. The molecule has 1 aromatic carbocycles. The van der Waals surface area contributed by atoms with Gasteiger partial charge in [-0.15, -0.1) is 0 Å². The third kappa shape index (κ3) is 2.95. The molecule has 1 aromatic rings. The van der Waals surface area contributed by atoms with Crippen LogP contribution in [-0.2, 0) is 4.79 Å². The molecule has 0 aliphatic carbocycles. The third-order valence-corrected chi connectivity index (χ3v) is 2.34. The molecular formula is C11H11F4NO. The molecule has 0 spiro atoms. The van der Waals surface area contributed by atoms with E-state index in [1.165, 1.54) is 12.1 Å². The normalized spacial score (nSPS) is 11.7. The van der Waals surface area contributed by atoms with E-state index in [9.17, 15) is 22.4 Å². The minimum absolute atomic E-state index is 0.0680. The highest BCUT2D eigenvalue weighted by Gasteiger charge is 2.48. The molecule has 0 radical (unpaired) electrons. The number of carbonyl (C=O) groups excluding carboxylic acids is 1. The summed E-state index contributed by atoms with van der Waals surface area (Å²) < 4.78 is 49.1. The maximum Gasteiger partial charge on any atom is 0.383 e. The molecular weight excluding hydrogens is 238 g/mol. The highest BCUT2D eigenvalue weighted by atomic mass is 19.3. The molecule has 0 aliphatic heterocycles. The Morgan fingerprint density at radius 2 is 1.82 bits per heavy atom. The summed E-state index contributed by atoms with van der Waals surface area (Å²) in [6, 6.07) is 4.42. The van der Waals surface area contributed by atoms with Crippen molar-refractivity contribution < 1.29 is 22.4 Å². The molecule has 0 fully saturated rings. The lowest BCUT2D eigenvalue weighted by Gasteiger charge is -2.15. The highest BCUT2D eigenvalue weighted by Crippen LogP contribution is 2.25. The van der Waals surface area contributed by atoms with Crippen molar-refractivity contribution in [1.82, 2.24) is 0 Å². The van der Waals surface area contributed by atoms with Gasteiger partial charge in [-0.3, -0.25) is 4.79 Å². The van der Waals surface area contributed by atoms with Crippen molar-refractivity contribution in [2.75, 3.05) is 5.32 Å². The quantitative estimate of drug-likeness (QED) is 0.819. The molecule has 0 aliphatic rings. The predicted octanol–water partition coefficient (Wildman–Crippen LogP) is 3.14. The Kier molecular flexibility index (Phi) is 3.75. The number of carbonyl (C=O) groups is 1. The number of hydrogen-bond donors (Lipinski definition) is 1. The first-order chi connectivity index (χ1) is 7.75. The minimum Gasteiger partial charge on any atom is -0.321 e. The van der Waals surface area contributed by atoms with Crippen LogP contribution in [-0.4, -0.2) is 18.3 Å². The lowest BCUT2D eigenvalue weighted by atomic mass is 10.1. The Labute approximate surface area is 95.6 Å². The van der Waals surface area contributed by atoms with Crippen LogP contribution in [0.3, 0.4) is 0 Å². The van der Waals surface area contributed by atoms with E-state index in [0.717, 1.165) is 11.1 Å². The number of aryl methyl sites for hydroxylation is 2. The Balaban J connectivity index is 2.85. The van der Waals surface area contributed by atoms with Crippen LogP contribution < -0.4 is 5.32 Å². The average molecular weight is 249 g/mol. The lowest BCUT2D eigenvalue weighted by Crippen LogP contribution is -2.40. The van der Waals surface area contributed by atoms with Gasteiger partial charge in [0.2, 0.25) is 0 Å². The molecule has 1 rings (SSSR count). The summed E-state index contributed by atoms with van der Waals surface area (Å²) in [6.07, 6.45) is -4.02. The SMILES string of the molecule is Cc1ccc(NC(=O)C(F)(F)C(F)F)cc1C. The lowest BCUT2D eigenvalue weighted by molar-refractivity contribution is -0.163. The van der Waals surface area contributed by atoms with Crippen LogP contribution in [0.15, 0.2) is 18.2 Å². The van der Waals surface area contributed by atoms with E-state index >= 15 is 0 Å². The maximum atomic E-state index is 12.6. The van der Waals surface area contributed by atoms with Crippen molar-refractivity contribution in [2.24, 2.45) is 0 Å². The fourth-order valence-electron chi connectivity index (χ4n) is 1.13. The van der Waals surface area contributed by atoms with E-state index in [2.05, 4.69) is 0 Å². The highest BCUT2D eigenvalue weighted by molar-refractivity contribution is 5.96. The first-order valence-electron chi connectivity index (χ1n) is 4.80. The second kappa shape index (κ2) is 4.73. The number of nitrogens with one attached hydrogen (secondary N) is 1. The van der Waals surface area contributed by atoms with Crippen LogP contribution in [0.2, 0.25) is 0 Å². The largest absolute Gasteiger partial charge is 0.383 e. The monoisotopic (exact) mass is 249 g/mol.